The number of thiazole rings is 1. The van der Waals surface area contributed by atoms with Gasteiger partial charge >= 0.3 is 0 Å². The van der Waals surface area contributed by atoms with E-state index in [1.165, 1.54) is 10.3 Å². The van der Waals surface area contributed by atoms with Crippen LogP contribution >= 0.6 is 11.3 Å². The Morgan fingerprint density at radius 1 is 1.40 bits per heavy atom. The number of aromatic nitrogens is 1. The van der Waals surface area contributed by atoms with Crippen molar-refractivity contribution in [3.05, 3.63) is 23.8 Å². The van der Waals surface area contributed by atoms with Crippen LogP contribution in [0, 0.1) is 0 Å². The SMILES string of the molecule is CCC(C)(C)c1ccc2sc(N)nc2c1. The summed E-state index contributed by atoms with van der Waals surface area (Å²) in [6, 6.07) is 6.46. The first-order valence-electron chi connectivity index (χ1n) is 5.19. The van der Waals surface area contributed by atoms with Crippen LogP contribution in [0.3, 0.4) is 0 Å². The standard InChI is InChI=1S/C12H16N2S/c1-4-12(2,3)8-5-6-10-9(7-8)14-11(13)15-10/h5-7H,4H2,1-3H3,(H2,13,14). The fourth-order valence-corrected chi connectivity index (χ4v) is 2.28. The van der Waals surface area contributed by atoms with Crippen molar-refractivity contribution in [2.45, 2.75) is 32.6 Å². The number of benzene rings is 1. The molecule has 0 atom stereocenters. The average Bonchev–Trinajstić information content (AvgIpc) is 2.56. The molecule has 0 bridgehead atoms. The van der Waals surface area contributed by atoms with E-state index in [-0.39, 0.29) is 5.41 Å². The molecule has 80 valence electrons. The molecular formula is C12H16N2S. The van der Waals surface area contributed by atoms with Crippen LogP contribution in [0.1, 0.15) is 32.8 Å². The van der Waals surface area contributed by atoms with E-state index in [4.69, 9.17) is 5.73 Å². The molecule has 1 heterocycles. The lowest BCUT2D eigenvalue weighted by molar-refractivity contribution is 0.507. The van der Waals surface area contributed by atoms with Crippen molar-refractivity contribution in [1.82, 2.24) is 4.98 Å². The fraction of sp³-hybridized carbons (Fsp3) is 0.417. The largest absolute Gasteiger partial charge is 0.375 e. The van der Waals surface area contributed by atoms with Gasteiger partial charge in [-0.05, 0) is 29.5 Å². The molecule has 0 fully saturated rings. The van der Waals surface area contributed by atoms with Gasteiger partial charge < -0.3 is 5.73 Å². The van der Waals surface area contributed by atoms with Crippen LogP contribution in [-0.2, 0) is 5.41 Å². The third-order valence-electron chi connectivity index (χ3n) is 3.07. The highest BCUT2D eigenvalue weighted by molar-refractivity contribution is 7.22. The van der Waals surface area contributed by atoms with Crippen molar-refractivity contribution in [3.63, 3.8) is 0 Å². The first-order valence-corrected chi connectivity index (χ1v) is 6.01. The number of nitrogens with two attached hydrogens (primary N) is 1. The van der Waals surface area contributed by atoms with E-state index in [0.717, 1.165) is 11.9 Å². The van der Waals surface area contributed by atoms with Gasteiger partial charge in [-0.15, -0.1) is 0 Å². The van der Waals surface area contributed by atoms with Crippen molar-refractivity contribution in [1.29, 1.82) is 0 Å². The molecule has 0 radical (unpaired) electrons. The molecule has 0 saturated carbocycles. The van der Waals surface area contributed by atoms with Crippen molar-refractivity contribution < 1.29 is 0 Å². The van der Waals surface area contributed by atoms with Crippen molar-refractivity contribution in [2.75, 3.05) is 5.73 Å². The molecule has 15 heavy (non-hydrogen) atoms. The average molecular weight is 220 g/mol. The second-order valence-corrected chi connectivity index (χ2v) is 5.53. The van der Waals surface area contributed by atoms with E-state index >= 15 is 0 Å². The molecule has 0 saturated heterocycles. The Hall–Kier alpha value is -1.09. The molecule has 0 unspecified atom stereocenters. The smallest absolute Gasteiger partial charge is 0.181 e. The van der Waals surface area contributed by atoms with Gasteiger partial charge in [0.1, 0.15) is 0 Å². The monoisotopic (exact) mass is 220 g/mol. The Bertz CT molecular complexity index is 485. The summed E-state index contributed by atoms with van der Waals surface area (Å²) in [5, 5.41) is 0.649. The molecule has 3 heteroatoms. The summed E-state index contributed by atoms with van der Waals surface area (Å²) in [6.45, 7) is 6.72. The first-order chi connectivity index (χ1) is 7.03. The summed E-state index contributed by atoms with van der Waals surface area (Å²) in [5.41, 5.74) is 8.26. The predicted octanol–water partition coefficient (Wildman–Crippen LogP) is 3.57. The molecule has 1 aromatic heterocycles. The van der Waals surface area contributed by atoms with Crippen molar-refractivity contribution in [2.24, 2.45) is 0 Å². The van der Waals surface area contributed by atoms with Gasteiger partial charge in [-0.2, -0.15) is 0 Å². The quantitative estimate of drug-likeness (QED) is 0.840. The van der Waals surface area contributed by atoms with Crippen LogP contribution in [-0.4, -0.2) is 4.98 Å². The van der Waals surface area contributed by atoms with Gasteiger partial charge in [-0.25, -0.2) is 4.98 Å². The summed E-state index contributed by atoms with van der Waals surface area (Å²) < 4.78 is 1.17. The number of rotatable bonds is 2. The highest BCUT2D eigenvalue weighted by Crippen LogP contribution is 2.31. The van der Waals surface area contributed by atoms with Crippen LogP contribution in [0.4, 0.5) is 5.13 Å². The number of hydrogen-bond acceptors (Lipinski definition) is 3. The Morgan fingerprint density at radius 2 is 2.13 bits per heavy atom. The van der Waals surface area contributed by atoms with Gasteiger partial charge in [0.2, 0.25) is 0 Å². The summed E-state index contributed by atoms with van der Waals surface area (Å²) >= 11 is 1.55. The van der Waals surface area contributed by atoms with Crippen LogP contribution in [0.15, 0.2) is 18.2 Å². The Kier molecular flexibility index (Phi) is 2.43. The van der Waals surface area contributed by atoms with Crippen LogP contribution in [0.2, 0.25) is 0 Å². The van der Waals surface area contributed by atoms with Crippen LogP contribution in [0.5, 0.6) is 0 Å². The normalized spacial score (nSPS) is 12.2. The number of nitrogens with zero attached hydrogens (tertiary/aromatic N) is 1. The number of nitrogen functional groups attached to an aromatic ring is 1. The van der Waals surface area contributed by atoms with Gasteiger partial charge in [0.05, 0.1) is 10.2 Å². The molecule has 0 aliphatic heterocycles. The molecule has 2 nitrogen and oxygen atoms in total. The lowest BCUT2D eigenvalue weighted by atomic mass is 9.82. The topological polar surface area (TPSA) is 38.9 Å². The Labute approximate surface area is 94.1 Å². The van der Waals surface area contributed by atoms with Gasteiger partial charge in [0, 0.05) is 0 Å². The van der Waals surface area contributed by atoms with E-state index in [2.05, 4.69) is 44.0 Å². The van der Waals surface area contributed by atoms with E-state index < -0.39 is 0 Å². The van der Waals surface area contributed by atoms with Gasteiger partial charge in [-0.3, -0.25) is 0 Å². The van der Waals surface area contributed by atoms with Crippen LogP contribution in [0.25, 0.3) is 10.2 Å². The second kappa shape index (κ2) is 3.49. The lowest BCUT2D eigenvalue weighted by Crippen LogP contribution is -2.14. The van der Waals surface area contributed by atoms with Gasteiger partial charge in [0.25, 0.3) is 0 Å². The van der Waals surface area contributed by atoms with Gasteiger partial charge in [0.15, 0.2) is 5.13 Å². The summed E-state index contributed by atoms with van der Waals surface area (Å²) in [4.78, 5) is 4.32. The fourth-order valence-electron chi connectivity index (χ4n) is 1.57. The molecule has 2 N–H and O–H groups in total. The number of fused-ring (bicyclic) bond motifs is 1. The maximum Gasteiger partial charge on any atom is 0.181 e. The zero-order chi connectivity index (χ0) is 11.1. The molecule has 2 aromatic rings. The van der Waals surface area contributed by atoms with Gasteiger partial charge in [-0.1, -0.05) is 38.2 Å². The zero-order valence-corrected chi connectivity index (χ0v) is 10.2. The van der Waals surface area contributed by atoms with Crippen molar-refractivity contribution >= 4 is 26.7 Å². The van der Waals surface area contributed by atoms with E-state index in [1.807, 2.05) is 0 Å². The molecule has 0 amide bonds. The van der Waals surface area contributed by atoms with E-state index in [9.17, 15) is 0 Å². The van der Waals surface area contributed by atoms with Crippen molar-refractivity contribution in [3.8, 4) is 0 Å². The maximum absolute atomic E-state index is 5.69. The Balaban J connectivity index is 2.55. The molecule has 0 spiro atoms. The van der Waals surface area contributed by atoms with E-state index in [1.54, 1.807) is 11.3 Å². The highest BCUT2D eigenvalue weighted by atomic mass is 32.1. The number of anilines is 1. The highest BCUT2D eigenvalue weighted by Gasteiger charge is 2.18. The molecule has 0 aliphatic rings. The molecular weight excluding hydrogens is 204 g/mol. The summed E-state index contributed by atoms with van der Waals surface area (Å²) in [6.07, 6.45) is 1.12. The summed E-state index contributed by atoms with van der Waals surface area (Å²) in [7, 11) is 0. The van der Waals surface area contributed by atoms with Crippen LogP contribution < -0.4 is 5.73 Å². The lowest BCUT2D eigenvalue weighted by Gasteiger charge is -2.23. The number of hydrogen-bond donors (Lipinski definition) is 1. The molecule has 2 rings (SSSR count). The Morgan fingerprint density at radius 3 is 2.80 bits per heavy atom. The third-order valence-corrected chi connectivity index (χ3v) is 3.94. The zero-order valence-electron chi connectivity index (χ0n) is 9.37. The first kappa shape index (κ1) is 10.4. The molecule has 1 aromatic carbocycles. The maximum atomic E-state index is 5.69. The van der Waals surface area contributed by atoms with E-state index in [0.29, 0.717) is 5.13 Å². The minimum absolute atomic E-state index is 0.215. The molecule has 0 aliphatic carbocycles. The minimum atomic E-state index is 0.215. The predicted molar refractivity (Wildman–Crippen MR) is 67.3 cm³/mol. The summed E-state index contributed by atoms with van der Waals surface area (Å²) in [5.74, 6) is 0. The second-order valence-electron chi connectivity index (χ2n) is 4.47. The third kappa shape index (κ3) is 1.84. The minimum Gasteiger partial charge on any atom is -0.375 e.